The van der Waals surface area contributed by atoms with Gasteiger partial charge in [-0.3, -0.25) is 4.21 Å². The second kappa shape index (κ2) is 7.57. The summed E-state index contributed by atoms with van der Waals surface area (Å²) in [6, 6.07) is 3.23. The molecule has 0 bridgehead atoms. The van der Waals surface area contributed by atoms with Gasteiger partial charge in [-0.05, 0) is 51.7 Å². The van der Waals surface area contributed by atoms with E-state index in [4.69, 9.17) is 16.3 Å². The van der Waals surface area contributed by atoms with Gasteiger partial charge in [-0.25, -0.2) is 4.79 Å². The third-order valence-corrected chi connectivity index (χ3v) is 5.15. The summed E-state index contributed by atoms with van der Waals surface area (Å²) in [5.74, 6) is 0.824. The summed E-state index contributed by atoms with van der Waals surface area (Å²) >= 11 is 5.68. The Bertz CT molecular complexity index is 566. The van der Waals surface area contributed by atoms with Crippen LogP contribution in [0.15, 0.2) is 17.2 Å². The molecule has 1 amide bonds. The van der Waals surface area contributed by atoms with Gasteiger partial charge in [0.15, 0.2) is 5.15 Å². The molecule has 0 radical (unpaired) electrons. The number of nitrogens with zero attached hydrogens (tertiary/aromatic N) is 3. The van der Waals surface area contributed by atoms with E-state index in [0.717, 1.165) is 12.8 Å². The van der Waals surface area contributed by atoms with E-state index in [0.29, 0.717) is 29.8 Å². The van der Waals surface area contributed by atoms with Crippen LogP contribution in [0.2, 0.25) is 5.15 Å². The van der Waals surface area contributed by atoms with E-state index in [-0.39, 0.29) is 11.2 Å². The van der Waals surface area contributed by atoms with Gasteiger partial charge < -0.3 is 9.64 Å². The van der Waals surface area contributed by atoms with E-state index in [1.807, 2.05) is 20.8 Å². The van der Waals surface area contributed by atoms with Crippen molar-refractivity contribution >= 4 is 28.5 Å². The number of piperidine rings is 1. The summed E-state index contributed by atoms with van der Waals surface area (Å²) in [5, 5.41) is 8.31. The summed E-state index contributed by atoms with van der Waals surface area (Å²) in [6.07, 6.45) is 1.35. The Morgan fingerprint density at radius 2 is 2.00 bits per heavy atom. The van der Waals surface area contributed by atoms with Crippen molar-refractivity contribution in [1.29, 1.82) is 0 Å². The van der Waals surface area contributed by atoms with Crippen LogP contribution in [0.1, 0.15) is 33.6 Å². The molecule has 0 spiro atoms. The number of hydrogen-bond donors (Lipinski definition) is 0. The van der Waals surface area contributed by atoms with Crippen molar-refractivity contribution in [2.45, 2.75) is 44.2 Å². The monoisotopic (exact) mass is 359 g/mol. The molecule has 1 atom stereocenters. The molecule has 1 aromatic rings. The van der Waals surface area contributed by atoms with Crippen LogP contribution in [0.25, 0.3) is 0 Å². The molecule has 1 saturated heterocycles. The molecule has 1 aliphatic rings. The predicted octanol–water partition coefficient (Wildman–Crippen LogP) is 2.88. The second-order valence-electron chi connectivity index (χ2n) is 6.62. The van der Waals surface area contributed by atoms with Gasteiger partial charge in [0.2, 0.25) is 0 Å². The van der Waals surface area contributed by atoms with Gasteiger partial charge in [-0.2, -0.15) is 0 Å². The number of likely N-dealkylation sites (tertiary alicyclic amines) is 1. The first-order chi connectivity index (χ1) is 10.7. The molecule has 1 fully saturated rings. The molecule has 6 nitrogen and oxygen atoms in total. The minimum Gasteiger partial charge on any atom is -0.444 e. The van der Waals surface area contributed by atoms with Crippen molar-refractivity contribution in [3.63, 3.8) is 0 Å². The Hall–Kier alpha value is -1.21. The lowest BCUT2D eigenvalue weighted by Crippen LogP contribution is -2.42. The van der Waals surface area contributed by atoms with Crippen molar-refractivity contribution in [3.05, 3.63) is 17.3 Å². The highest BCUT2D eigenvalue weighted by Gasteiger charge is 2.27. The van der Waals surface area contributed by atoms with Crippen LogP contribution in [0, 0.1) is 5.92 Å². The number of aromatic nitrogens is 2. The lowest BCUT2D eigenvalue weighted by Gasteiger charge is -2.33. The maximum absolute atomic E-state index is 12.3. The molecule has 1 aliphatic heterocycles. The van der Waals surface area contributed by atoms with Crippen LogP contribution >= 0.6 is 11.6 Å². The number of amides is 1. The van der Waals surface area contributed by atoms with E-state index in [2.05, 4.69) is 10.2 Å². The van der Waals surface area contributed by atoms with Crippen LogP contribution in [-0.4, -0.2) is 49.8 Å². The topological polar surface area (TPSA) is 72.4 Å². The Labute approximate surface area is 144 Å². The summed E-state index contributed by atoms with van der Waals surface area (Å²) in [5.41, 5.74) is -0.483. The Morgan fingerprint density at radius 3 is 2.52 bits per heavy atom. The molecule has 0 saturated carbocycles. The molecule has 0 N–H and O–H groups in total. The Balaban J connectivity index is 1.81. The van der Waals surface area contributed by atoms with E-state index < -0.39 is 16.4 Å². The minimum atomic E-state index is -1.19. The first-order valence-electron chi connectivity index (χ1n) is 7.60. The maximum Gasteiger partial charge on any atom is 0.410 e. The van der Waals surface area contributed by atoms with E-state index in [1.54, 1.807) is 17.0 Å². The van der Waals surface area contributed by atoms with E-state index >= 15 is 0 Å². The molecule has 23 heavy (non-hydrogen) atoms. The molecule has 8 heteroatoms. The quantitative estimate of drug-likeness (QED) is 0.829. The lowest BCUT2D eigenvalue weighted by atomic mass is 9.99. The highest BCUT2D eigenvalue weighted by Crippen LogP contribution is 2.22. The predicted molar refractivity (Wildman–Crippen MR) is 88.8 cm³/mol. The molecular formula is C15H22ClN3O3S. The average molecular weight is 360 g/mol. The van der Waals surface area contributed by atoms with Crippen molar-refractivity contribution in [1.82, 2.24) is 15.1 Å². The maximum atomic E-state index is 12.3. The molecule has 0 aromatic carbocycles. The van der Waals surface area contributed by atoms with Crippen molar-refractivity contribution < 1.29 is 13.7 Å². The van der Waals surface area contributed by atoms with Gasteiger partial charge in [0, 0.05) is 18.8 Å². The van der Waals surface area contributed by atoms with Gasteiger partial charge in [0.05, 0.1) is 10.8 Å². The number of carbonyl (C=O) groups is 1. The molecule has 0 aliphatic carbocycles. The minimum absolute atomic E-state index is 0.277. The lowest BCUT2D eigenvalue weighted by molar-refractivity contribution is 0.0191. The molecule has 2 rings (SSSR count). The largest absolute Gasteiger partial charge is 0.444 e. The Kier molecular flexibility index (Phi) is 5.97. The van der Waals surface area contributed by atoms with Crippen molar-refractivity contribution in [2.75, 3.05) is 18.8 Å². The van der Waals surface area contributed by atoms with Crippen molar-refractivity contribution in [3.8, 4) is 0 Å². The van der Waals surface area contributed by atoms with Gasteiger partial charge in [0.1, 0.15) is 10.6 Å². The molecule has 2 heterocycles. The summed E-state index contributed by atoms with van der Waals surface area (Å²) in [7, 11) is -1.19. The number of halogens is 1. The summed E-state index contributed by atoms with van der Waals surface area (Å²) in [4.78, 5) is 13.7. The Morgan fingerprint density at radius 1 is 1.35 bits per heavy atom. The van der Waals surface area contributed by atoms with Crippen LogP contribution in [0.4, 0.5) is 4.79 Å². The first kappa shape index (κ1) is 18.1. The zero-order chi connectivity index (χ0) is 17.0. The highest BCUT2D eigenvalue weighted by atomic mass is 35.5. The number of ether oxygens (including phenoxy) is 1. The molecule has 0 unspecified atom stereocenters. The van der Waals surface area contributed by atoms with Gasteiger partial charge in [-0.15, -0.1) is 10.2 Å². The fourth-order valence-electron chi connectivity index (χ4n) is 2.33. The fraction of sp³-hybridized carbons (Fsp3) is 0.667. The molecule has 128 valence electrons. The van der Waals surface area contributed by atoms with Crippen molar-refractivity contribution in [2.24, 2.45) is 5.92 Å². The smallest absolute Gasteiger partial charge is 0.410 e. The highest BCUT2D eigenvalue weighted by molar-refractivity contribution is 7.84. The second-order valence-corrected chi connectivity index (χ2v) is 8.45. The van der Waals surface area contributed by atoms with Gasteiger partial charge in [0.25, 0.3) is 0 Å². The fourth-order valence-corrected chi connectivity index (χ4v) is 3.72. The summed E-state index contributed by atoms with van der Waals surface area (Å²) < 4.78 is 17.7. The zero-order valence-electron chi connectivity index (χ0n) is 13.6. The van der Waals surface area contributed by atoms with Gasteiger partial charge in [-0.1, -0.05) is 11.6 Å². The molecular weight excluding hydrogens is 338 g/mol. The van der Waals surface area contributed by atoms with Crippen LogP contribution in [0.3, 0.4) is 0 Å². The third-order valence-electron chi connectivity index (χ3n) is 3.49. The number of rotatable bonds is 3. The van der Waals surface area contributed by atoms with Crippen LogP contribution < -0.4 is 0 Å². The summed E-state index contributed by atoms with van der Waals surface area (Å²) in [6.45, 7) is 6.82. The van der Waals surface area contributed by atoms with E-state index in [9.17, 15) is 9.00 Å². The third kappa shape index (κ3) is 5.73. The van der Waals surface area contributed by atoms with Crippen LogP contribution in [0.5, 0.6) is 0 Å². The number of carbonyl (C=O) groups excluding carboxylic acids is 1. The SMILES string of the molecule is CC(C)(C)OC(=O)N1CCC(C[S@@](=O)c2ccc(Cl)nn2)CC1. The number of hydrogen-bond acceptors (Lipinski definition) is 5. The normalized spacial score (nSPS) is 17.8. The standard InChI is InChI=1S/C15H22ClN3O3S/c1-15(2,3)22-14(20)19-8-6-11(7-9-19)10-23(21)13-5-4-12(16)17-18-13/h4-5,11H,6-10H2,1-3H3/t23-/m1/s1. The van der Waals surface area contributed by atoms with Crippen LogP contribution in [-0.2, 0) is 15.5 Å². The average Bonchev–Trinajstić information content (AvgIpc) is 2.46. The first-order valence-corrected chi connectivity index (χ1v) is 9.30. The van der Waals surface area contributed by atoms with Gasteiger partial charge >= 0.3 is 6.09 Å². The van der Waals surface area contributed by atoms with E-state index in [1.165, 1.54) is 0 Å². The zero-order valence-corrected chi connectivity index (χ0v) is 15.2. The molecule has 1 aromatic heterocycles.